The minimum atomic E-state index is -1.02. The molecule has 0 saturated heterocycles. The van der Waals surface area contributed by atoms with Crippen LogP contribution in [0.4, 0.5) is 0 Å². The van der Waals surface area contributed by atoms with Crippen LogP contribution in [0.15, 0.2) is 0 Å². The Morgan fingerprint density at radius 1 is 0.370 bits per heavy atom. The monoisotopic (exact) mass is 1040 g/mol. The first-order valence-electron chi connectivity index (χ1n) is 26.9. The maximum Gasteiger partial charge on any atom is 0.243 e. The van der Waals surface area contributed by atoms with Crippen LogP contribution in [0.2, 0.25) is 0 Å². The number of ether oxygens (including phenoxy) is 2. The van der Waals surface area contributed by atoms with Gasteiger partial charge in [0.05, 0.1) is 43.4 Å². The van der Waals surface area contributed by atoms with E-state index in [1.807, 2.05) is 6.92 Å². The van der Waals surface area contributed by atoms with Crippen LogP contribution >= 0.6 is 0 Å². The van der Waals surface area contributed by atoms with Gasteiger partial charge < -0.3 is 87.2 Å². The molecule has 0 unspecified atom stereocenters. The van der Waals surface area contributed by atoms with E-state index in [1.165, 1.54) is 0 Å². The lowest BCUT2D eigenvalue weighted by Gasteiger charge is -2.24. The summed E-state index contributed by atoms with van der Waals surface area (Å²) in [5.41, 5.74) is 46.7. The Balaban J connectivity index is 0. The molecule has 0 aromatic rings. The van der Waals surface area contributed by atoms with Gasteiger partial charge in [0.25, 0.3) is 0 Å². The van der Waals surface area contributed by atoms with Crippen LogP contribution in [0.1, 0.15) is 162 Å². The average Bonchev–Trinajstić information content (AvgIpc) is 3.36. The average molecular weight is 1050 g/mol. The Morgan fingerprint density at radius 3 is 1.10 bits per heavy atom. The summed E-state index contributed by atoms with van der Waals surface area (Å²) in [5.74, 6) is -2.65. The summed E-state index contributed by atoms with van der Waals surface area (Å²) >= 11 is 0. The van der Waals surface area contributed by atoms with E-state index in [2.05, 4.69) is 31.9 Å². The summed E-state index contributed by atoms with van der Waals surface area (Å²) in [6.07, 6.45) is 11.7. The highest BCUT2D eigenvalue weighted by Gasteiger charge is 2.28. The summed E-state index contributed by atoms with van der Waals surface area (Å²) in [7, 11) is 0. The molecule has 428 valence electrons. The van der Waals surface area contributed by atoms with E-state index in [0.717, 1.165) is 25.7 Å². The van der Waals surface area contributed by atoms with Crippen molar-refractivity contribution in [2.75, 3.05) is 72.2 Å². The third-order valence-electron chi connectivity index (χ3n) is 12.1. The Morgan fingerprint density at radius 2 is 0.699 bits per heavy atom. The zero-order valence-corrected chi connectivity index (χ0v) is 43.9. The molecule has 0 aliphatic rings. The Hall–Kier alpha value is -3.91. The fourth-order valence-corrected chi connectivity index (χ4v) is 7.57. The van der Waals surface area contributed by atoms with Gasteiger partial charge in [-0.1, -0.05) is 33.1 Å². The van der Waals surface area contributed by atoms with Gasteiger partial charge in [-0.15, -0.1) is 0 Å². The second-order valence-electron chi connectivity index (χ2n) is 18.5. The van der Waals surface area contributed by atoms with Gasteiger partial charge >= 0.3 is 0 Å². The maximum atomic E-state index is 14.0. The van der Waals surface area contributed by atoms with Gasteiger partial charge in [-0.05, 0) is 149 Å². The molecule has 0 aliphatic heterocycles. The molecule has 0 spiro atoms. The molecule has 0 aromatic heterocycles. The molecule has 0 rings (SSSR count). The van der Waals surface area contributed by atoms with E-state index in [0.29, 0.717) is 162 Å². The SMILES string of the molecule is C.CCOCCOCCCC(=O)[C@@H](CCCCNC(=O)[C@@H](CCCCNC(=O)[C@H](N)CCCCN)NC(=O)[C@H](N)CCCCN)NC(=O)[C@@H](CCCCNC(=O)[C@H](N)CCCCN)NC(=O)[C@H](N)CCCCN. The van der Waals surface area contributed by atoms with Crippen molar-refractivity contribution in [3.05, 3.63) is 0 Å². The smallest absolute Gasteiger partial charge is 0.243 e. The van der Waals surface area contributed by atoms with E-state index in [4.69, 9.17) is 55.3 Å². The van der Waals surface area contributed by atoms with Crippen LogP contribution < -0.4 is 77.8 Å². The Kier molecular flexibility index (Phi) is 46.6. The van der Waals surface area contributed by atoms with E-state index < -0.39 is 65.9 Å². The van der Waals surface area contributed by atoms with E-state index in [-0.39, 0.29) is 57.3 Å². The number of ketones is 1. The fraction of sp³-hybridized carbons (Fsp3) is 0.860. The number of nitrogens with one attached hydrogen (secondary N) is 6. The van der Waals surface area contributed by atoms with Crippen molar-refractivity contribution in [2.24, 2.45) is 45.9 Å². The number of rotatable bonds is 49. The predicted molar refractivity (Wildman–Crippen MR) is 288 cm³/mol. The highest BCUT2D eigenvalue weighted by atomic mass is 16.5. The van der Waals surface area contributed by atoms with E-state index >= 15 is 0 Å². The summed E-state index contributed by atoms with van der Waals surface area (Å²) in [6, 6.07) is -5.81. The second-order valence-corrected chi connectivity index (χ2v) is 18.5. The molecular formula is C50H104N14O9. The van der Waals surface area contributed by atoms with E-state index in [1.54, 1.807) is 0 Å². The second kappa shape index (κ2) is 47.8. The number of carbonyl (C=O) groups excluding carboxylic acids is 7. The van der Waals surface area contributed by atoms with Gasteiger partial charge in [-0.3, -0.25) is 33.6 Å². The van der Waals surface area contributed by atoms with E-state index in [9.17, 15) is 33.6 Å². The number of hydrogen-bond donors (Lipinski definition) is 14. The normalized spacial score (nSPS) is 14.0. The molecule has 22 N–H and O–H groups in total. The number of hydrogen-bond acceptors (Lipinski definition) is 17. The zero-order valence-electron chi connectivity index (χ0n) is 43.9. The summed E-state index contributed by atoms with van der Waals surface area (Å²) < 4.78 is 10.9. The van der Waals surface area contributed by atoms with Crippen LogP contribution in [0, 0.1) is 0 Å². The lowest BCUT2D eigenvalue weighted by Crippen LogP contribution is -2.54. The molecule has 73 heavy (non-hydrogen) atoms. The number of unbranched alkanes of at least 4 members (excludes halogenated alkanes) is 7. The predicted octanol–water partition coefficient (Wildman–Crippen LogP) is -0.836. The third-order valence-corrected chi connectivity index (χ3v) is 12.1. The van der Waals surface area contributed by atoms with Crippen molar-refractivity contribution < 1.29 is 43.0 Å². The molecule has 0 saturated carbocycles. The van der Waals surface area contributed by atoms with Crippen LogP contribution in [-0.4, -0.2) is 156 Å². The van der Waals surface area contributed by atoms with Gasteiger partial charge in [0.15, 0.2) is 5.78 Å². The largest absolute Gasteiger partial charge is 0.379 e. The highest BCUT2D eigenvalue weighted by molar-refractivity contribution is 5.93. The quantitative estimate of drug-likeness (QED) is 0.0331. The summed E-state index contributed by atoms with van der Waals surface area (Å²) in [5, 5.41) is 17.1. The molecule has 7 atom stereocenters. The molecule has 0 radical (unpaired) electrons. The molecular weight excluding hydrogens is 941 g/mol. The van der Waals surface area contributed by atoms with Crippen LogP contribution in [0.25, 0.3) is 0 Å². The molecule has 23 nitrogen and oxygen atoms in total. The summed E-state index contributed by atoms with van der Waals surface area (Å²) in [4.78, 5) is 92.6. The molecule has 0 aromatic carbocycles. The van der Waals surface area contributed by atoms with Crippen LogP contribution in [0.3, 0.4) is 0 Å². The third kappa shape index (κ3) is 37.5. The summed E-state index contributed by atoms with van der Waals surface area (Å²) in [6.45, 7) is 6.44. The van der Waals surface area contributed by atoms with Gasteiger partial charge in [0.1, 0.15) is 12.1 Å². The van der Waals surface area contributed by atoms with Crippen LogP contribution in [0.5, 0.6) is 0 Å². The maximum absolute atomic E-state index is 14.0. The van der Waals surface area contributed by atoms with Crippen molar-refractivity contribution in [3.63, 3.8) is 0 Å². The number of nitrogens with two attached hydrogens (primary N) is 8. The highest BCUT2D eigenvalue weighted by Crippen LogP contribution is 2.11. The topological polar surface area (TPSA) is 418 Å². The molecule has 0 fully saturated rings. The number of amides is 6. The first-order chi connectivity index (χ1) is 34.7. The molecule has 6 amide bonds. The van der Waals surface area contributed by atoms with Crippen molar-refractivity contribution in [3.8, 4) is 0 Å². The van der Waals surface area contributed by atoms with Crippen molar-refractivity contribution in [1.29, 1.82) is 0 Å². The minimum absolute atomic E-state index is 0. The molecule has 23 heteroatoms. The first-order valence-corrected chi connectivity index (χ1v) is 26.9. The Labute approximate surface area is 437 Å². The minimum Gasteiger partial charge on any atom is -0.379 e. The molecule has 0 aliphatic carbocycles. The van der Waals surface area contributed by atoms with Gasteiger partial charge in [-0.25, -0.2) is 0 Å². The molecule has 0 heterocycles. The lowest BCUT2D eigenvalue weighted by atomic mass is 10.00. The number of carbonyl (C=O) groups is 7. The fourth-order valence-electron chi connectivity index (χ4n) is 7.57. The van der Waals surface area contributed by atoms with Crippen molar-refractivity contribution >= 4 is 41.2 Å². The van der Waals surface area contributed by atoms with Gasteiger partial charge in [-0.2, -0.15) is 0 Å². The van der Waals surface area contributed by atoms with Gasteiger partial charge in [0, 0.05) is 39.3 Å². The van der Waals surface area contributed by atoms with Crippen LogP contribution in [-0.2, 0) is 43.0 Å². The zero-order chi connectivity index (χ0) is 53.8. The van der Waals surface area contributed by atoms with Gasteiger partial charge in [0.2, 0.25) is 35.4 Å². The Bertz CT molecular complexity index is 1470. The standard InChI is InChI=1S/C49H100N14O9.CH4/c1-2-71-34-35-72-33-17-25-43(64)40(61-49(70)42(63-47(68)39(57)21-6-13-29-53)24-9-16-31-59-45(66)37(55)19-4-11-27-51)22-7-14-32-60-48(69)41(62-46(67)38(56)20-5-12-28-52)23-8-15-30-58-44(65)36(54)18-3-10-26-50;/h36-42H,2-35,50-57H2,1H3,(H,58,65)(H,59,66)(H,60,69)(H,61,70)(H,62,67)(H,63,68);1H4/t36-,37-,38-,39-,40-,41-,42-;/m1./s1. The molecule has 0 bridgehead atoms. The van der Waals surface area contributed by atoms with Crippen molar-refractivity contribution in [2.45, 2.75) is 204 Å². The lowest BCUT2D eigenvalue weighted by molar-refractivity contribution is -0.132. The van der Waals surface area contributed by atoms with Crippen molar-refractivity contribution in [1.82, 2.24) is 31.9 Å². The number of Topliss-reactive ketones (excluding diaryl/α,β-unsaturated/α-hetero) is 1. The first kappa shape index (κ1) is 71.2.